The van der Waals surface area contributed by atoms with Gasteiger partial charge in [-0.1, -0.05) is 30.3 Å². The number of nitrogen functional groups attached to an aromatic ring is 1. The molecule has 0 saturated carbocycles. The third kappa shape index (κ3) is 2.98. The normalized spacial score (nSPS) is 12.3. The Bertz CT molecular complexity index is 877. The van der Waals surface area contributed by atoms with Crippen LogP contribution in [0.2, 0.25) is 0 Å². The Morgan fingerprint density at radius 3 is 2.71 bits per heavy atom. The minimum absolute atomic E-state index is 0.0616. The number of pyridine rings is 1. The van der Waals surface area contributed by atoms with Crippen molar-refractivity contribution >= 4 is 38.7 Å². The SMILES string of the molecule is CC(=O)c1sc2nccc(N(C)CC(O)c3ccccc3)c2c1N. The van der Waals surface area contributed by atoms with Gasteiger partial charge in [0.1, 0.15) is 4.83 Å². The summed E-state index contributed by atoms with van der Waals surface area (Å²) in [5.41, 5.74) is 8.36. The predicted molar refractivity (Wildman–Crippen MR) is 98.7 cm³/mol. The number of hydrogen-bond acceptors (Lipinski definition) is 6. The van der Waals surface area contributed by atoms with Crippen LogP contribution in [0.15, 0.2) is 42.6 Å². The van der Waals surface area contributed by atoms with Crippen molar-refractivity contribution in [3.8, 4) is 0 Å². The smallest absolute Gasteiger partial charge is 0.171 e. The number of ketones is 1. The highest BCUT2D eigenvalue weighted by Gasteiger charge is 2.20. The maximum Gasteiger partial charge on any atom is 0.171 e. The van der Waals surface area contributed by atoms with Gasteiger partial charge in [-0.3, -0.25) is 4.79 Å². The molecule has 1 unspecified atom stereocenters. The number of nitrogens with zero attached hydrogens (tertiary/aromatic N) is 2. The van der Waals surface area contributed by atoms with Gasteiger partial charge in [0.2, 0.25) is 0 Å². The maximum atomic E-state index is 11.7. The molecule has 0 saturated heterocycles. The number of anilines is 2. The van der Waals surface area contributed by atoms with E-state index in [0.29, 0.717) is 17.1 Å². The molecule has 0 aliphatic carbocycles. The van der Waals surface area contributed by atoms with Crippen LogP contribution in [0.4, 0.5) is 11.4 Å². The number of likely N-dealkylation sites (N-methyl/N-ethyl adjacent to an activating group) is 1. The average Bonchev–Trinajstić information content (AvgIpc) is 2.93. The molecule has 3 N–H and O–H groups in total. The van der Waals surface area contributed by atoms with E-state index in [0.717, 1.165) is 21.5 Å². The second kappa shape index (κ2) is 6.59. The molecule has 3 rings (SSSR count). The van der Waals surface area contributed by atoms with Crippen molar-refractivity contribution in [1.82, 2.24) is 4.98 Å². The largest absolute Gasteiger partial charge is 0.397 e. The first kappa shape index (κ1) is 16.4. The van der Waals surface area contributed by atoms with Gasteiger partial charge in [0.15, 0.2) is 5.78 Å². The fourth-order valence-electron chi connectivity index (χ4n) is 2.75. The molecule has 2 aromatic heterocycles. The predicted octanol–water partition coefficient (Wildman–Crippen LogP) is 3.25. The van der Waals surface area contributed by atoms with Crippen molar-refractivity contribution in [2.45, 2.75) is 13.0 Å². The first-order valence-electron chi connectivity index (χ1n) is 7.61. The van der Waals surface area contributed by atoms with E-state index in [4.69, 9.17) is 5.73 Å². The summed E-state index contributed by atoms with van der Waals surface area (Å²) < 4.78 is 0. The molecule has 124 valence electrons. The van der Waals surface area contributed by atoms with Crippen LogP contribution in [0.5, 0.6) is 0 Å². The number of aromatic nitrogens is 1. The van der Waals surface area contributed by atoms with Crippen molar-refractivity contribution in [2.75, 3.05) is 24.2 Å². The Labute approximate surface area is 144 Å². The minimum Gasteiger partial charge on any atom is -0.397 e. The maximum absolute atomic E-state index is 11.7. The zero-order valence-electron chi connectivity index (χ0n) is 13.6. The summed E-state index contributed by atoms with van der Waals surface area (Å²) in [6, 6.07) is 11.4. The molecule has 6 heteroatoms. The second-order valence-electron chi connectivity index (χ2n) is 5.72. The van der Waals surface area contributed by atoms with E-state index in [-0.39, 0.29) is 5.78 Å². The Hall–Kier alpha value is -2.44. The number of nitrogens with two attached hydrogens (primary N) is 1. The summed E-state index contributed by atoms with van der Waals surface area (Å²) in [6.45, 7) is 1.91. The van der Waals surface area contributed by atoms with Crippen molar-refractivity contribution in [1.29, 1.82) is 0 Å². The number of carbonyl (C=O) groups is 1. The van der Waals surface area contributed by atoms with Crippen LogP contribution in [-0.2, 0) is 0 Å². The van der Waals surface area contributed by atoms with Crippen molar-refractivity contribution in [3.63, 3.8) is 0 Å². The van der Waals surface area contributed by atoms with Crippen LogP contribution >= 0.6 is 11.3 Å². The summed E-state index contributed by atoms with van der Waals surface area (Å²) in [5, 5.41) is 11.2. The number of thiophene rings is 1. The molecule has 0 aliphatic rings. The van der Waals surface area contributed by atoms with Gasteiger partial charge in [0, 0.05) is 26.7 Å². The van der Waals surface area contributed by atoms with E-state index >= 15 is 0 Å². The van der Waals surface area contributed by atoms with E-state index in [1.165, 1.54) is 18.3 Å². The van der Waals surface area contributed by atoms with Gasteiger partial charge in [-0.2, -0.15) is 0 Å². The lowest BCUT2D eigenvalue weighted by molar-refractivity contribution is 0.102. The zero-order valence-corrected chi connectivity index (χ0v) is 14.4. The number of hydrogen-bond donors (Lipinski definition) is 2. The van der Waals surface area contributed by atoms with Crippen molar-refractivity contribution in [2.24, 2.45) is 0 Å². The highest BCUT2D eigenvalue weighted by Crippen LogP contribution is 2.38. The van der Waals surface area contributed by atoms with E-state index in [1.807, 2.05) is 48.3 Å². The summed E-state index contributed by atoms with van der Waals surface area (Å²) >= 11 is 1.30. The van der Waals surface area contributed by atoms with Crippen LogP contribution in [0.25, 0.3) is 10.2 Å². The molecule has 0 amide bonds. The third-order valence-electron chi connectivity index (χ3n) is 3.97. The topological polar surface area (TPSA) is 79.5 Å². The molecule has 0 fully saturated rings. The highest BCUT2D eigenvalue weighted by molar-refractivity contribution is 7.21. The van der Waals surface area contributed by atoms with E-state index < -0.39 is 6.10 Å². The van der Waals surface area contributed by atoms with Gasteiger partial charge >= 0.3 is 0 Å². The standard InChI is InChI=1S/C18H19N3O2S/c1-11(22)17-16(19)15-13(8-9-20-18(15)24-17)21(2)10-14(23)12-6-4-3-5-7-12/h3-9,14,23H,10,19H2,1-2H3. The van der Waals surface area contributed by atoms with Gasteiger partial charge in [0.05, 0.1) is 27.7 Å². The molecule has 2 heterocycles. The third-order valence-corrected chi connectivity index (χ3v) is 5.18. The Kier molecular flexibility index (Phi) is 4.51. The van der Waals surface area contributed by atoms with Gasteiger partial charge < -0.3 is 15.7 Å². The number of benzene rings is 1. The van der Waals surface area contributed by atoms with E-state index in [2.05, 4.69) is 4.98 Å². The number of Topliss-reactive ketones (excluding diaryl/α,β-unsaturated/α-hetero) is 1. The van der Waals surface area contributed by atoms with Crippen LogP contribution in [0.1, 0.15) is 28.3 Å². The molecular weight excluding hydrogens is 322 g/mol. The first-order valence-corrected chi connectivity index (χ1v) is 8.42. The van der Waals surface area contributed by atoms with Gasteiger partial charge in [-0.25, -0.2) is 4.98 Å². The lowest BCUT2D eigenvalue weighted by Gasteiger charge is -2.23. The molecule has 0 aliphatic heterocycles. The van der Waals surface area contributed by atoms with Crippen LogP contribution in [0, 0.1) is 0 Å². The van der Waals surface area contributed by atoms with Crippen LogP contribution in [0.3, 0.4) is 0 Å². The number of fused-ring (bicyclic) bond motifs is 1. The van der Waals surface area contributed by atoms with Gasteiger partial charge in [0.25, 0.3) is 0 Å². The number of aliphatic hydroxyl groups excluding tert-OH is 1. The molecule has 1 aromatic carbocycles. The fourth-order valence-corrected chi connectivity index (χ4v) is 3.73. The molecule has 24 heavy (non-hydrogen) atoms. The quantitative estimate of drug-likeness (QED) is 0.696. The summed E-state index contributed by atoms with van der Waals surface area (Å²) in [6.07, 6.45) is 1.08. The monoisotopic (exact) mass is 341 g/mol. The fraction of sp³-hybridized carbons (Fsp3) is 0.222. The molecule has 0 spiro atoms. The van der Waals surface area contributed by atoms with Crippen LogP contribution < -0.4 is 10.6 Å². The molecule has 5 nitrogen and oxygen atoms in total. The molecular formula is C18H19N3O2S. The van der Waals surface area contributed by atoms with Gasteiger partial charge in [-0.05, 0) is 11.6 Å². The molecule has 3 aromatic rings. The van der Waals surface area contributed by atoms with Crippen LogP contribution in [-0.4, -0.2) is 29.5 Å². The summed E-state index contributed by atoms with van der Waals surface area (Å²) in [5.74, 6) is -0.0616. The first-order chi connectivity index (χ1) is 11.5. The zero-order chi connectivity index (χ0) is 17.3. The van der Waals surface area contributed by atoms with E-state index in [1.54, 1.807) is 6.20 Å². The number of rotatable bonds is 5. The van der Waals surface area contributed by atoms with Gasteiger partial charge in [-0.15, -0.1) is 11.3 Å². The van der Waals surface area contributed by atoms with Crippen molar-refractivity contribution < 1.29 is 9.90 Å². The lowest BCUT2D eigenvalue weighted by atomic mass is 10.1. The highest BCUT2D eigenvalue weighted by atomic mass is 32.1. The Morgan fingerprint density at radius 2 is 2.04 bits per heavy atom. The average molecular weight is 341 g/mol. The molecule has 0 radical (unpaired) electrons. The lowest BCUT2D eigenvalue weighted by Crippen LogP contribution is -2.24. The number of aliphatic hydroxyl groups is 1. The van der Waals surface area contributed by atoms with E-state index in [9.17, 15) is 9.90 Å². The molecule has 1 atom stereocenters. The van der Waals surface area contributed by atoms with Crippen molar-refractivity contribution in [3.05, 3.63) is 53.0 Å². The molecule has 0 bridgehead atoms. The Morgan fingerprint density at radius 1 is 1.33 bits per heavy atom. The second-order valence-corrected chi connectivity index (χ2v) is 6.72. The summed E-state index contributed by atoms with van der Waals surface area (Å²) in [7, 11) is 1.89. The summed E-state index contributed by atoms with van der Waals surface area (Å²) in [4.78, 5) is 19.3. The minimum atomic E-state index is -0.619. The Balaban J connectivity index is 1.95. The number of carbonyl (C=O) groups excluding carboxylic acids is 1.